The van der Waals surface area contributed by atoms with Gasteiger partial charge >= 0.3 is 6.18 Å². The van der Waals surface area contributed by atoms with Crippen LogP contribution in [0, 0.1) is 5.82 Å². The maximum absolute atomic E-state index is 13.2. The van der Waals surface area contributed by atoms with Crippen LogP contribution in [-0.4, -0.2) is 44.0 Å². The van der Waals surface area contributed by atoms with Gasteiger partial charge in [-0.1, -0.05) is 6.07 Å². The van der Waals surface area contributed by atoms with E-state index in [0.29, 0.717) is 6.07 Å². The molecule has 1 aliphatic rings. The number of rotatable bonds is 4. The van der Waals surface area contributed by atoms with Crippen molar-refractivity contribution in [2.75, 3.05) is 18.5 Å². The monoisotopic (exact) mass is 458 g/mol. The van der Waals surface area contributed by atoms with Crippen LogP contribution < -0.4 is 4.90 Å². The highest BCUT2D eigenvalue weighted by molar-refractivity contribution is 7.89. The van der Waals surface area contributed by atoms with Gasteiger partial charge in [0, 0.05) is 32.1 Å². The Morgan fingerprint density at radius 3 is 2.39 bits per heavy atom. The molecule has 1 atom stereocenters. The Labute approximate surface area is 176 Å². The average molecular weight is 458 g/mol. The highest BCUT2D eigenvalue weighted by Gasteiger charge is 2.42. The van der Waals surface area contributed by atoms with Gasteiger partial charge in [-0.25, -0.2) is 12.8 Å². The third kappa shape index (κ3) is 4.77. The average Bonchev–Trinajstić information content (AvgIpc) is 2.72. The minimum atomic E-state index is -4.75. The molecule has 0 bridgehead atoms. The molecule has 1 saturated heterocycles. The van der Waals surface area contributed by atoms with Crippen molar-refractivity contribution >= 4 is 27.4 Å². The molecule has 1 fully saturated rings. The summed E-state index contributed by atoms with van der Waals surface area (Å²) in [6.45, 7) is -0.342. The highest BCUT2D eigenvalue weighted by Crippen LogP contribution is 2.32. The Kier molecular flexibility index (Phi) is 6.19. The van der Waals surface area contributed by atoms with Crippen LogP contribution in [-0.2, 0) is 25.8 Å². The number of nitrogens with zero attached hydrogens (tertiary/aromatic N) is 2. The molecule has 0 aliphatic carbocycles. The number of hydrogen-bond acceptors (Lipinski definition) is 4. The van der Waals surface area contributed by atoms with Gasteiger partial charge in [0.1, 0.15) is 17.6 Å². The summed E-state index contributed by atoms with van der Waals surface area (Å²) in [4.78, 5) is 25.5. The molecule has 2 aromatic carbocycles. The second kappa shape index (κ2) is 8.39. The van der Waals surface area contributed by atoms with E-state index in [0.717, 1.165) is 39.5 Å². The summed E-state index contributed by atoms with van der Waals surface area (Å²) in [7, 11) is -3.17. The second-order valence-corrected chi connectivity index (χ2v) is 8.91. The number of anilines is 1. The lowest BCUT2D eigenvalue weighted by atomic mass is 10.0. The number of carbonyl (C=O) groups excluding carboxylic acids is 2. The fraction of sp³-hybridized carbons (Fsp3) is 0.300. The molecule has 1 unspecified atom stereocenters. The molecule has 0 saturated carbocycles. The predicted octanol–water partition coefficient (Wildman–Crippen LogP) is 3.23. The van der Waals surface area contributed by atoms with Gasteiger partial charge in [0.25, 0.3) is 0 Å². The molecule has 0 radical (unpaired) electrons. The second-order valence-electron chi connectivity index (χ2n) is 7.02. The van der Waals surface area contributed by atoms with E-state index in [4.69, 9.17) is 0 Å². The Balaban J connectivity index is 1.97. The lowest BCUT2D eigenvalue weighted by molar-refractivity contribution is -0.137. The van der Waals surface area contributed by atoms with Crippen molar-refractivity contribution in [3.63, 3.8) is 0 Å². The first-order chi connectivity index (χ1) is 14.4. The van der Waals surface area contributed by atoms with E-state index in [1.54, 1.807) is 0 Å². The van der Waals surface area contributed by atoms with E-state index in [1.807, 2.05) is 0 Å². The first-order valence-electron chi connectivity index (χ1n) is 9.15. The first-order valence-corrected chi connectivity index (χ1v) is 10.6. The number of benzene rings is 2. The normalized spacial score (nSPS) is 18.1. The number of sulfonamides is 1. The van der Waals surface area contributed by atoms with Crippen LogP contribution in [0.2, 0.25) is 0 Å². The van der Waals surface area contributed by atoms with Gasteiger partial charge in [0.15, 0.2) is 0 Å². The summed E-state index contributed by atoms with van der Waals surface area (Å²) in [6.07, 6.45) is -5.33. The lowest BCUT2D eigenvalue weighted by Gasteiger charge is -2.35. The minimum absolute atomic E-state index is 0.164. The highest BCUT2D eigenvalue weighted by atomic mass is 32.2. The van der Waals surface area contributed by atoms with Gasteiger partial charge < -0.3 is 4.90 Å². The van der Waals surface area contributed by atoms with E-state index in [9.17, 15) is 35.6 Å². The largest absolute Gasteiger partial charge is 0.416 e. The molecule has 1 aliphatic heterocycles. The Morgan fingerprint density at radius 2 is 1.77 bits per heavy atom. The third-order valence-corrected chi connectivity index (χ3v) is 6.88. The van der Waals surface area contributed by atoms with Crippen molar-refractivity contribution in [2.24, 2.45) is 0 Å². The lowest BCUT2D eigenvalue weighted by Crippen LogP contribution is -2.54. The summed E-state index contributed by atoms with van der Waals surface area (Å²) < 4.78 is 79.3. The quantitative estimate of drug-likeness (QED) is 0.660. The number of ketones is 1. The number of halogens is 4. The molecule has 1 amide bonds. The van der Waals surface area contributed by atoms with Crippen LogP contribution in [0.4, 0.5) is 23.2 Å². The summed E-state index contributed by atoms with van der Waals surface area (Å²) in [6, 6.07) is 6.62. The minimum Gasteiger partial charge on any atom is -0.314 e. The predicted molar refractivity (Wildman–Crippen MR) is 103 cm³/mol. The molecule has 3 rings (SSSR count). The van der Waals surface area contributed by atoms with Crippen LogP contribution >= 0.6 is 0 Å². The van der Waals surface area contributed by atoms with Gasteiger partial charge in [0.05, 0.1) is 10.5 Å². The Morgan fingerprint density at radius 1 is 1.13 bits per heavy atom. The van der Waals surface area contributed by atoms with Crippen LogP contribution in [0.5, 0.6) is 0 Å². The fourth-order valence-corrected chi connectivity index (χ4v) is 4.92. The smallest absolute Gasteiger partial charge is 0.314 e. The summed E-state index contributed by atoms with van der Waals surface area (Å²) in [5, 5.41) is 0. The maximum atomic E-state index is 13.2. The van der Waals surface area contributed by atoms with Gasteiger partial charge in [-0.05, 0) is 42.5 Å². The number of likely N-dealkylation sites (N-methyl/N-ethyl adjacent to an activating group) is 1. The zero-order chi connectivity index (χ0) is 23.0. The SMILES string of the molecule is CN(C(=O)C1CC(=O)CCN1S(=O)(=O)c1cccc(C(F)(F)F)c1)c1ccc(F)cc1. The van der Waals surface area contributed by atoms with Crippen molar-refractivity contribution in [3.8, 4) is 0 Å². The van der Waals surface area contributed by atoms with Crippen molar-refractivity contribution in [2.45, 2.75) is 30.0 Å². The molecule has 11 heteroatoms. The van der Waals surface area contributed by atoms with Crippen LogP contribution in [0.25, 0.3) is 0 Å². The molecule has 0 N–H and O–H groups in total. The zero-order valence-corrected chi connectivity index (χ0v) is 17.1. The van der Waals surface area contributed by atoms with Crippen molar-refractivity contribution < 1.29 is 35.6 Å². The van der Waals surface area contributed by atoms with E-state index < -0.39 is 50.8 Å². The van der Waals surface area contributed by atoms with Gasteiger partial charge in [-0.3, -0.25) is 9.59 Å². The molecular weight excluding hydrogens is 440 g/mol. The van der Waals surface area contributed by atoms with Crippen molar-refractivity contribution in [1.29, 1.82) is 0 Å². The first kappa shape index (κ1) is 22.9. The van der Waals surface area contributed by atoms with Crippen molar-refractivity contribution in [3.05, 3.63) is 59.9 Å². The number of alkyl halides is 3. The van der Waals surface area contributed by atoms with Crippen molar-refractivity contribution in [1.82, 2.24) is 4.31 Å². The van der Waals surface area contributed by atoms with Gasteiger partial charge in [0.2, 0.25) is 15.9 Å². The molecule has 166 valence electrons. The fourth-order valence-electron chi connectivity index (χ4n) is 3.29. The molecule has 6 nitrogen and oxygen atoms in total. The molecule has 0 spiro atoms. The summed E-state index contributed by atoms with van der Waals surface area (Å²) in [5.41, 5.74) is -0.881. The Hall–Kier alpha value is -2.79. The number of Topliss-reactive ketones (excluding diaryl/α,β-unsaturated/α-hetero) is 1. The van der Waals surface area contributed by atoms with E-state index in [1.165, 1.54) is 19.2 Å². The summed E-state index contributed by atoms with van der Waals surface area (Å²) >= 11 is 0. The Bertz CT molecular complexity index is 1100. The number of piperidine rings is 1. The maximum Gasteiger partial charge on any atom is 0.416 e. The topological polar surface area (TPSA) is 74.8 Å². The molecule has 2 aromatic rings. The summed E-state index contributed by atoms with van der Waals surface area (Å²) in [5.74, 6) is -1.64. The standard InChI is InChI=1S/C20H18F4N2O4S/c1-25(15-7-5-14(21)6-8-15)19(28)18-12-16(27)9-10-26(18)31(29,30)17-4-2-3-13(11-17)20(22,23)24/h2-8,11,18H,9-10,12H2,1H3. The molecule has 31 heavy (non-hydrogen) atoms. The zero-order valence-electron chi connectivity index (χ0n) is 16.3. The third-order valence-electron chi connectivity index (χ3n) is 4.98. The molecule has 0 aromatic heterocycles. The molecule has 1 heterocycles. The van der Waals surface area contributed by atoms with Crippen LogP contribution in [0.1, 0.15) is 18.4 Å². The molecular formula is C20H18F4N2O4S. The van der Waals surface area contributed by atoms with Gasteiger partial charge in [-0.2, -0.15) is 17.5 Å². The van der Waals surface area contributed by atoms with Crippen LogP contribution in [0.3, 0.4) is 0 Å². The van der Waals surface area contributed by atoms with Crippen LogP contribution in [0.15, 0.2) is 53.4 Å². The van der Waals surface area contributed by atoms with E-state index in [2.05, 4.69) is 0 Å². The number of hydrogen-bond donors (Lipinski definition) is 0. The van der Waals surface area contributed by atoms with E-state index in [-0.39, 0.29) is 24.4 Å². The number of amides is 1. The number of carbonyl (C=O) groups is 2. The van der Waals surface area contributed by atoms with E-state index >= 15 is 0 Å². The van der Waals surface area contributed by atoms with Gasteiger partial charge in [-0.15, -0.1) is 0 Å².